The van der Waals surface area contributed by atoms with Gasteiger partial charge in [-0.3, -0.25) is 4.79 Å². The highest BCUT2D eigenvalue weighted by molar-refractivity contribution is 5.98. The number of ketones is 1. The highest BCUT2D eigenvalue weighted by Crippen LogP contribution is 2.22. The Morgan fingerprint density at radius 1 is 1.14 bits per heavy atom. The van der Waals surface area contributed by atoms with Crippen LogP contribution in [0.3, 0.4) is 0 Å². The predicted octanol–water partition coefficient (Wildman–Crippen LogP) is 3.76. The summed E-state index contributed by atoms with van der Waals surface area (Å²) in [5.74, 6) is 0.0776. The Hall–Kier alpha value is -3.05. The summed E-state index contributed by atoms with van der Waals surface area (Å²) in [5.41, 5.74) is 5.24. The number of para-hydroxylation sites is 1. The van der Waals surface area contributed by atoms with Gasteiger partial charge in [0, 0.05) is 46.5 Å². The van der Waals surface area contributed by atoms with Crippen molar-refractivity contribution < 1.29 is 9.53 Å². The van der Waals surface area contributed by atoms with E-state index in [2.05, 4.69) is 34.3 Å². The van der Waals surface area contributed by atoms with E-state index in [1.807, 2.05) is 48.7 Å². The Bertz CT molecular complexity index is 983. The molecule has 1 aliphatic rings. The number of ether oxygens (including phenoxy) is 1. The Balaban J connectivity index is 1.35. The van der Waals surface area contributed by atoms with E-state index in [0.717, 1.165) is 54.3 Å². The van der Waals surface area contributed by atoms with Crippen LogP contribution in [0.2, 0.25) is 0 Å². The Morgan fingerprint density at radius 3 is 2.68 bits per heavy atom. The van der Waals surface area contributed by atoms with Crippen molar-refractivity contribution in [1.82, 2.24) is 10.3 Å². The fourth-order valence-corrected chi connectivity index (χ4v) is 3.59. The Morgan fingerprint density at radius 2 is 1.89 bits per heavy atom. The summed E-state index contributed by atoms with van der Waals surface area (Å²) in [6.07, 6.45) is 3.87. The largest absolute Gasteiger partial charge is 0.383 e. The van der Waals surface area contributed by atoms with E-state index >= 15 is 0 Å². The van der Waals surface area contributed by atoms with Crippen LogP contribution in [0.25, 0.3) is 17.0 Å². The number of hydrogen-bond donors (Lipinski definition) is 2. The SMILES string of the molecule is Cc1[nH]c2ccccc2c1/C=C/NCC(=O)c1ccc(N2CCOCC2)cc1. The number of morpholine rings is 1. The van der Waals surface area contributed by atoms with Crippen LogP contribution in [0.4, 0.5) is 5.69 Å². The highest BCUT2D eigenvalue weighted by atomic mass is 16.5. The number of nitrogens with zero attached hydrogens (tertiary/aromatic N) is 1. The smallest absolute Gasteiger partial charge is 0.181 e. The molecule has 0 bridgehead atoms. The normalized spacial score (nSPS) is 14.7. The summed E-state index contributed by atoms with van der Waals surface area (Å²) in [6, 6.07) is 16.1. The maximum absolute atomic E-state index is 12.4. The molecular formula is C23H25N3O2. The molecule has 4 rings (SSSR count). The molecule has 1 aliphatic heterocycles. The Kier molecular flexibility index (Phi) is 5.44. The van der Waals surface area contributed by atoms with Crippen LogP contribution < -0.4 is 10.2 Å². The first-order valence-corrected chi connectivity index (χ1v) is 9.65. The summed E-state index contributed by atoms with van der Waals surface area (Å²) in [5, 5.41) is 4.30. The van der Waals surface area contributed by atoms with Gasteiger partial charge in [0.25, 0.3) is 0 Å². The summed E-state index contributed by atoms with van der Waals surface area (Å²) in [4.78, 5) is 18.1. The first-order chi connectivity index (χ1) is 13.7. The molecular weight excluding hydrogens is 350 g/mol. The zero-order valence-corrected chi connectivity index (χ0v) is 16.1. The number of fused-ring (bicyclic) bond motifs is 1. The lowest BCUT2D eigenvalue weighted by atomic mass is 10.1. The molecule has 28 heavy (non-hydrogen) atoms. The van der Waals surface area contributed by atoms with Gasteiger partial charge in [0.1, 0.15) is 0 Å². The fraction of sp³-hybridized carbons (Fsp3) is 0.261. The molecule has 0 atom stereocenters. The van der Waals surface area contributed by atoms with Crippen LogP contribution in [-0.2, 0) is 4.74 Å². The standard InChI is InChI=1S/C23H25N3O2/c1-17-20(21-4-2-3-5-22(21)25-17)10-11-24-16-23(27)18-6-8-19(9-7-18)26-12-14-28-15-13-26/h2-11,24-25H,12-16H2,1H3/b11-10+. The van der Waals surface area contributed by atoms with Crippen LogP contribution in [0.1, 0.15) is 21.6 Å². The van der Waals surface area contributed by atoms with Gasteiger partial charge < -0.3 is 19.9 Å². The molecule has 144 valence electrons. The molecule has 1 aromatic heterocycles. The van der Waals surface area contributed by atoms with Crippen molar-refractivity contribution in [3.05, 3.63) is 71.6 Å². The van der Waals surface area contributed by atoms with E-state index in [4.69, 9.17) is 4.74 Å². The van der Waals surface area contributed by atoms with Gasteiger partial charge in [-0.15, -0.1) is 0 Å². The lowest BCUT2D eigenvalue weighted by Gasteiger charge is -2.28. The van der Waals surface area contributed by atoms with Gasteiger partial charge in [0.05, 0.1) is 19.8 Å². The van der Waals surface area contributed by atoms with Crippen molar-refractivity contribution in [2.45, 2.75) is 6.92 Å². The van der Waals surface area contributed by atoms with E-state index in [9.17, 15) is 4.79 Å². The van der Waals surface area contributed by atoms with Crippen molar-refractivity contribution in [2.24, 2.45) is 0 Å². The van der Waals surface area contributed by atoms with E-state index in [1.54, 1.807) is 0 Å². The van der Waals surface area contributed by atoms with Gasteiger partial charge in [0.2, 0.25) is 0 Å². The van der Waals surface area contributed by atoms with Crippen LogP contribution in [0.5, 0.6) is 0 Å². The van der Waals surface area contributed by atoms with Gasteiger partial charge in [-0.05, 0) is 49.5 Å². The molecule has 1 fully saturated rings. The van der Waals surface area contributed by atoms with E-state index in [0.29, 0.717) is 0 Å². The molecule has 3 aromatic rings. The van der Waals surface area contributed by atoms with Gasteiger partial charge in [-0.1, -0.05) is 18.2 Å². The molecule has 0 radical (unpaired) electrons. The zero-order valence-electron chi connectivity index (χ0n) is 16.1. The average Bonchev–Trinajstić information content (AvgIpc) is 3.07. The number of aryl methyl sites for hydroxylation is 1. The lowest BCUT2D eigenvalue weighted by Crippen LogP contribution is -2.36. The van der Waals surface area contributed by atoms with Crippen LogP contribution in [0.15, 0.2) is 54.7 Å². The molecule has 0 aliphatic carbocycles. The molecule has 0 amide bonds. The zero-order chi connectivity index (χ0) is 19.3. The quantitative estimate of drug-likeness (QED) is 0.644. The van der Waals surface area contributed by atoms with Gasteiger partial charge in [-0.25, -0.2) is 0 Å². The number of nitrogens with one attached hydrogen (secondary N) is 2. The van der Waals surface area contributed by atoms with E-state index in [1.165, 1.54) is 5.39 Å². The van der Waals surface area contributed by atoms with Crippen LogP contribution in [0, 0.1) is 6.92 Å². The second-order valence-electron chi connectivity index (χ2n) is 6.99. The molecule has 2 aromatic carbocycles. The van der Waals surface area contributed by atoms with Crippen molar-refractivity contribution in [2.75, 3.05) is 37.7 Å². The second kappa shape index (κ2) is 8.31. The van der Waals surface area contributed by atoms with Gasteiger partial charge in [0.15, 0.2) is 5.78 Å². The lowest BCUT2D eigenvalue weighted by molar-refractivity contribution is 0.0995. The van der Waals surface area contributed by atoms with Crippen LogP contribution in [-0.4, -0.2) is 43.6 Å². The molecule has 5 heteroatoms. The average molecular weight is 375 g/mol. The van der Waals surface area contributed by atoms with Crippen molar-refractivity contribution in [3.8, 4) is 0 Å². The van der Waals surface area contributed by atoms with Crippen molar-refractivity contribution in [1.29, 1.82) is 0 Å². The number of hydrogen-bond acceptors (Lipinski definition) is 4. The molecule has 0 unspecified atom stereocenters. The van der Waals surface area contributed by atoms with Crippen molar-refractivity contribution >= 4 is 28.4 Å². The summed E-state index contributed by atoms with van der Waals surface area (Å²) in [7, 11) is 0. The number of benzene rings is 2. The molecule has 0 spiro atoms. The number of H-pyrrole nitrogens is 1. The minimum absolute atomic E-state index is 0.0776. The van der Waals surface area contributed by atoms with E-state index in [-0.39, 0.29) is 12.3 Å². The number of carbonyl (C=O) groups is 1. The monoisotopic (exact) mass is 375 g/mol. The van der Waals surface area contributed by atoms with E-state index < -0.39 is 0 Å². The van der Waals surface area contributed by atoms with Gasteiger partial charge >= 0.3 is 0 Å². The molecule has 0 saturated carbocycles. The number of aromatic nitrogens is 1. The number of aromatic amines is 1. The fourth-order valence-electron chi connectivity index (χ4n) is 3.59. The minimum atomic E-state index is 0.0776. The topological polar surface area (TPSA) is 57.4 Å². The van der Waals surface area contributed by atoms with Crippen molar-refractivity contribution in [3.63, 3.8) is 0 Å². The maximum atomic E-state index is 12.4. The minimum Gasteiger partial charge on any atom is -0.383 e. The first kappa shape index (κ1) is 18.3. The molecule has 1 saturated heterocycles. The summed E-state index contributed by atoms with van der Waals surface area (Å²) >= 11 is 0. The third kappa shape index (κ3) is 3.94. The number of carbonyl (C=O) groups excluding carboxylic acids is 1. The third-order valence-electron chi connectivity index (χ3n) is 5.14. The molecule has 2 heterocycles. The van der Waals surface area contributed by atoms with Crippen LogP contribution >= 0.6 is 0 Å². The predicted molar refractivity (Wildman–Crippen MR) is 114 cm³/mol. The summed E-state index contributed by atoms with van der Waals surface area (Å²) < 4.78 is 5.38. The molecule has 2 N–H and O–H groups in total. The Labute approximate surface area is 165 Å². The third-order valence-corrected chi connectivity index (χ3v) is 5.14. The number of Topliss-reactive ketones (excluding diaryl/α,β-unsaturated/α-hetero) is 1. The molecule has 5 nitrogen and oxygen atoms in total. The number of rotatable bonds is 6. The van der Waals surface area contributed by atoms with Gasteiger partial charge in [-0.2, -0.15) is 0 Å². The first-order valence-electron chi connectivity index (χ1n) is 9.65. The highest BCUT2D eigenvalue weighted by Gasteiger charge is 2.12. The second-order valence-corrected chi connectivity index (χ2v) is 6.99. The maximum Gasteiger partial charge on any atom is 0.181 e. The summed E-state index contributed by atoms with van der Waals surface area (Å²) in [6.45, 7) is 5.63. The number of anilines is 1.